The van der Waals surface area contributed by atoms with Crippen LogP contribution in [0.25, 0.3) is 0 Å². The average Bonchev–Trinajstić information content (AvgIpc) is 2.82. The lowest BCUT2D eigenvalue weighted by Gasteiger charge is -2.11. The second-order valence-electron chi connectivity index (χ2n) is 5.04. The number of ether oxygens (including phenoxy) is 1. The van der Waals surface area contributed by atoms with Crippen molar-refractivity contribution in [2.24, 2.45) is 0 Å². The first-order valence-corrected chi connectivity index (χ1v) is 6.67. The number of nitrogens with zero attached hydrogens (tertiary/aromatic N) is 1. The van der Waals surface area contributed by atoms with Crippen molar-refractivity contribution >= 4 is 0 Å². The molecule has 3 rings (SSSR count). The Bertz CT molecular complexity index is 554. The third-order valence-electron chi connectivity index (χ3n) is 3.41. The van der Waals surface area contributed by atoms with E-state index in [4.69, 9.17) is 4.74 Å². The molecule has 0 amide bonds. The van der Waals surface area contributed by atoms with Gasteiger partial charge in [0.25, 0.3) is 0 Å². The summed E-state index contributed by atoms with van der Waals surface area (Å²) in [6, 6.07) is 10.5. The van der Waals surface area contributed by atoms with Gasteiger partial charge in [-0.15, -0.1) is 0 Å². The van der Waals surface area contributed by atoms with Crippen LogP contribution in [0.5, 0.6) is 5.75 Å². The quantitative estimate of drug-likeness (QED) is 0.910. The van der Waals surface area contributed by atoms with Crippen LogP contribution in [0, 0.1) is 6.92 Å². The third kappa shape index (κ3) is 2.93. The summed E-state index contributed by atoms with van der Waals surface area (Å²) in [4.78, 5) is 4.01. The molecule has 1 aliphatic rings. The Morgan fingerprint density at radius 3 is 2.95 bits per heavy atom. The van der Waals surface area contributed by atoms with Gasteiger partial charge < -0.3 is 10.1 Å². The lowest BCUT2D eigenvalue weighted by molar-refractivity contribution is 0.227. The summed E-state index contributed by atoms with van der Waals surface area (Å²) in [6.07, 6.45) is 4.89. The van der Waals surface area contributed by atoms with Crippen LogP contribution in [-0.4, -0.2) is 17.6 Å². The van der Waals surface area contributed by atoms with Gasteiger partial charge in [0, 0.05) is 31.9 Å². The molecule has 19 heavy (non-hydrogen) atoms. The molecule has 1 aromatic carbocycles. The number of benzene rings is 1. The van der Waals surface area contributed by atoms with Crippen LogP contribution >= 0.6 is 0 Å². The minimum Gasteiger partial charge on any atom is -0.488 e. The minimum atomic E-state index is 0.249. The molecule has 1 aromatic heterocycles. The first kappa shape index (κ1) is 12.2. The van der Waals surface area contributed by atoms with Crippen molar-refractivity contribution in [1.29, 1.82) is 0 Å². The Hall–Kier alpha value is -1.87. The van der Waals surface area contributed by atoms with E-state index < -0.39 is 0 Å². The van der Waals surface area contributed by atoms with Crippen LogP contribution in [0.15, 0.2) is 42.7 Å². The highest BCUT2D eigenvalue weighted by atomic mass is 16.5. The van der Waals surface area contributed by atoms with E-state index in [2.05, 4.69) is 35.4 Å². The molecule has 2 heterocycles. The molecule has 3 heteroatoms. The lowest BCUT2D eigenvalue weighted by Crippen LogP contribution is -2.29. The Morgan fingerprint density at radius 1 is 1.26 bits per heavy atom. The van der Waals surface area contributed by atoms with Gasteiger partial charge in [-0.25, -0.2) is 0 Å². The van der Waals surface area contributed by atoms with Crippen LogP contribution in [0.3, 0.4) is 0 Å². The Balaban J connectivity index is 1.51. The van der Waals surface area contributed by atoms with Gasteiger partial charge in [0.2, 0.25) is 0 Å². The van der Waals surface area contributed by atoms with Gasteiger partial charge in [-0.3, -0.25) is 4.98 Å². The first-order valence-electron chi connectivity index (χ1n) is 6.67. The van der Waals surface area contributed by atoms with Crippen molar-refractivity contribution in [2.75, 3.05) is 6.54 Å². The summed E-state index contributed by atoms with van der Waals surface area (Å²) >= 11 is 0. The summed E-state index contributed by atoms with van der Waals surface area (Å²) in [7, 11) is 0. The number of nitrogens with one attached hydrogen (secondary N) is 1. The zero-order valence-corrected chi connectivity index (χ0v) is 11.1. The SMILES string of the molecule is Cc1ccc2c(c1)CC(CNCc1ccncc1)O2. The van der Waals surface area contributed by atoms with E-state index in [-0.39, 0.29) is 6.10 Å². The number of hydrogen-bond acceptors (Lipinski definition) is 3. The molecule has 1 aliphatic heterocycles. The van der Waals surface area contributed by atoms with Gasteiger partial charge in [-0.05, 0) is 36.2 Å². The zero-order chi connectivity index (χ0) is 13.1. The lowest BCUT2D eigenvalue weighted by atomic mass is 10.1. The highest BCUT2D eigenvalue weighted by Gasteiger charge is 2.22. The summed E-state index contributed by atoms with van der Waals surface area (Å²) in [5.41, 5.74) is 3.88. The third-order valence-corrected chi connectivity index (χ3v) is 3.41. The predicted molar refractivity (Wildman–Crippen MR) is 75.2 cm³/mol. The van der Waals surface area contributed by atoms with Crippen molar-refractivity contribution < 1.29 is 4.74 Å². The van der Waals surface area contributed by atoms with Crippen molar-refractivity contribution in [3.63, 3.8) is 0 Å². The maximum atomic E-state index is 5.93. The zero-order valence-electron chi connectivity index (χ0n) is 11.1. The molecule has 0 fully saturated rings. The molecule has 0 saturated carbocycles. The normalized spacial score (nSPS) is 17.0. The van der Waals surface area contributed by atoms with E-state index >= 15 is 0 Å². The van der Waals surface area contributed by atoms with E-state index in [0.29, 0.717) is 0 Å². The maximum absolute atomic E-state index is 5.93. The van der Waals surface area contributed by atoms with Crippen LogP contribution in [0.1, 0.15) is 16.7 Å². The van der Waals surface area contributed by atoms with E-state index in [1.54, 1.807) is 0 Å². The molecule has 2 aromatic rings. The van der Waals surface area contributed by atoms with Crippen LogP contribution in [0.4, 0.5) is 0 Å². The van der Waals surface area contributed by atoms with Crippen LogP contribution in [0.2, 0.25) is 0 Å². The molecule has 0 aliphatic carbocycles. The molecule has 0 bridgehead atoms. The number of aromatic nitrogens is 1. The number of rotatable bonds is 4. The fraction of sp³-hybridized carbons (Fsp3) is 0.312. The predicted octanol–water partition coefficient (Wildman–Crippen LogP) is 2.48. The number of aryl methyl sites for hydroxylation is 1. The molecular formula is C16H18N2O. The summed E-state index contributed by atoms with van der Waals surface area (Å²) in [5, 5.41) is 3.44. The molecule has 98 valence electrons. The Kier molecular flexibility index (Phi) is 3.47. The average molecular weight is 254 g/mol. The van der Waals surface area contributed by atoms with Crippen molar-refractivity contribution in [1.82, 2.24) is 10.3 Å². The minimum absolute atomic E-state index is 0.249. The molecule has 0 spiro atoms. The molecule has 0 saturated heterocycles. The molecule has 1 unspecified atom stereocenters. The van der Waals surface area contributed by atoms with E-state index in [0.717, 1.165) is 25.3 Å². The monoisotopic (exact) mass is 254 g/mol. The largest absolute Gasteiger partial charge is 0.488 e. The summed E-state index contributed by atoms with van der Waals surface area (Å²) < 4.78 is 5.93. The molecule has 1 atom stereocenters. The fourth-order valence-corrected chi connectivity index (χ4v) is 2.44. The van der Waals surface area contributed by atoms with Gasteiger partial charge in [-0.2, -0.15) is 0 Å². The standard InChI is InChI=1S/C16H18N2O/c1-12-2-3-16-14(8-12)9-15(19-16)11-18-10-13-4-6-17-7-5-13/h2-8,15,18H,9-11H2,1H3. The van der Waals surface area contributed by atoms with E-state index in [1.165, 1.54) is 16.7 Å². The summed E-state index contributed by atoms with van der Waals surface area (Å²) in [5.74, 6) is 1.04. The van der Waals surface area contributed by atoms with Gasteiger partial charge in [0.05, 0.1) is 0 Å². The van der Waals surface area contributed by atoms with Crippen molar-refractivity contribution in [3.8, 4) is 5.75 Å². The maximum Gasteiger partial charge on any atom is 0.123 e. The highest BCUT2D eigenvalue weighted by molar-refractivity contribution is 5.40. The van der Waals surface area contributed by atoms with E-state index in [1.807, 2.05) is 24.5 Å². The smallest absolute Gasteiger partial charge is 0.123 e. The number of hydrogen-bond donors (Lipinski definition) is 1. The van der Waals surface area contributed by atoms with Gasteiger partial charge in [0.15, 0.2) is 0 Å². The number of pyridine rings is 1. The van der Waals surface area contributed by atoms with Gasteiger partial charge in [-0.1, -0.05) is 17.7 Å². The highest BCUT2D eigenvalue weighted by Crippen LogP contribution is 2.29. The van der Waals surface area contributed by atoms with Gasteiger partial charge in [0.1, 0.15) is 11.9 Å². The molecule has 0 radical (unpaired) electrons. The van der Waals surface area contributed by atoms with E-state index in [9.17, 15) is 0 Å². The van der Waals surface area contributed by atoms with Crippen LogP contribution < -0.4 is 10.1 Å². The summed E-state index contributed by atoms with van der Waals surface area (Å²) in [6.45, 7) is 3.85. The topological polar surface area (TPSA) is 34.2 Å². The number of fused-ring (bicyclic) bond motifs is 1. The molecule has 1 N–H and O–H groups in total. The van der Waals surface area contributed by atoms with Gasteiger partial charge >= 0.3 is 0 Å². The Labute approximate surface area is 113 Å². The second kappa shape index (κ2) is 5.41. The first-order chi connectivity index (χ1) is 9.31. The van der Waals surface area contributed by atoms with Crippen molar-refractivity contribution in [2.45, 2.75) is 26.0 Å². The second-order valence-corrected chi connectivity index (χ2v) is 5.04. The van der Waals surface area contributed by atoms with Crippen molar-refractivity contribution in [3.05, 3.63) is 59.4 Å². The molecule has 3 nitrogen and oxygen atoms in total. The Morgan fingerprint density at radius 2 is 2.11 bits per heavy atom. The van der Waals surface area contributed by atoms with Crippen LogP contribution in [-0.2, 0) is 13.0 Å². The fourth-order valence-electron chi connectivity index (χ4n) is 2.44. The molecular weight excluding hydrogens is 236 g/mol.